The molecule has 0 aliphatic rings. The third-order valence-corrected chi connectivity index (χ3v) is 4.89. The molecule has 0 saturated heterocycles. The van der Waals surface area contributed by atoms with Crippen molar-refractivity contribution >= 4 is 17.7 Å². The number of esters is 1. The number of hydrogen-bond donors (Lipinski definition) is 0. The van der Waals surface area contributed by atoms with Crippen molar-refractivity contribution in [2.24, 2.45) is 0 Å². The van der Waals surface area contributed by atoms with Crippen molar-refractivity contribution in [1.29, 1.82) is 0 Å². The van der Waals surface area contributed by atoms with Gasteiger partial charge in [-0.15, -0.1) is 20.4 Å². The molecule has 0 spiro atoms. The molecule has 4 aromatic rings. The van der Waals surface area contributed by atoms with Crippen molar-refractivity contribution in [1.82, 2.24) is 30.4 Å². The largest absolute Gasteiger partial charge is 0.461 e. The molecule has 13 heteroatoms. The maximum atomic E-state index is 13.1. The predicted molar refractivity (Wildman–Crippen MR) is 108 cm³/mol. The molecule has 0 unspecified atom stereocenters. The highest BCUT2D eigenvalue weighted by Gasteiger charge is 2.31. The predicted octanol–water partition coefficient (Wildman–Crippen LogP) is 4.33. The fourth-order valence-electron chi connectivity index (χ4n) is 2.61. The van der Waals surface area contributed by atoms with Crippen LogP contribution < -0.4 is 0 Å². The Bertz CT molecular complexity index is 1280. The molecule has 1 aromatic carbocycles. The number of hydrogen-bond acceptors (Lipinski definition) is 10. The molecule has 0 aliphatic heterocycles. The number of rotatable bonds is 6. The van der Waals surface area contributed by atoms with E-state index in [1.807, 2.05) is 0 Å². The highest BCUT2D eigenvalue weighted by Crippen LogP contribution is 2.33. The van der Waals surface area contributed by atoms with E-state index in [4.69, 9.17) is 9.15 Å². The van der Waals surface area contributed by atoms with Gasteiger partial charge in [-0.2, -0.15) is 13.2 Å². The Labute approximate surface area is 188 Å². The SMILES string of the molecule is CCOC(=O)c1nnc(-c2cccc(C(F)(F)F)c2)nc1Sc1nnc(-c2cccnc2)o1. The van der Waals surface area contributed by atoms with Crippen LogP contribution in [0, 0.1) is 0 Å². The monoisotopic (exact) mass is 474 g/mol. The quantitative estimate of drug-likeness (QED) is 0.374. The molecule has 0 radical (unpaired) electrons. The van der Waals surface area contributed by atoms with E-state index >= 15 is 0 Å². The third-order valence-electron chi connectivity index (χ3n) is 4.07. The van der Waals surface area contributed by atoms with Gasteiger partial charge in [0.2, 0.25) is 11.6 Å². The molecule has 0 saturated carbocycles. The van der Waals surface area contributed by atoms with Crippen molar-refractivity contribution < 1.29 is 27.1 Å². The Morgan fingerprint density at radius 2 is 1.91 bits per heavy atom. The smallest absolute Gasteiger partial charge is 0.416 e. The maximum Gasteiger partial charge on any atom is 0.416 e. The molecule has 33 heavy (non-hydrogen) atoms. The van der Waals surface area contributed by atoms with Crippen molar-refractivity contribution in [3.05, 3.63) is 60.0 Å². The normalized spacial score (nSPS) is 11.4. The standard InChI is InChI=1S/C20H13F3N6O3S/c1-2-31-18(30)14-17(33-19-29-28-16(32-19)12-6-4-8-24-10-12)25-15(27-26-14)11-5-3-7-13(9-11)20(21,22)23/h3-10H,2H2,1H3. The van der Waals surface area contributed by atoms with Gasteiger partial charge in [0, 0.05) is 18.0 Å². The summed E-state index contributed by atoms with van der Waals surface area (Å²) in [7, 11) is 0. The Morgan fingerprint density at radius 3 is 2.64 bits per heavy atom. The zero-order chi connectivity index (χ0) is 23.4. The van der Waals surface area contributed by atoms with E-state index in [1.54, 1.807) is 25.3 Å². The van der Waals surface area contributed by atoms with Gasteiger partial charge in [0.25, 0.3) is 5.22 Å². The molecule has 4 rings (SSSR count). The number of pyridine rings is 1. The lowest BCUT2D eigenvalue weighted by molar-refractivity contribution is -0.137. The number of carbonyl (C=O) groups excluding carboxylic acids is 1. The molecule has 0 atom stereocenters. The Morgan fingerprint density at radius 1 is 1.09 bits per heavy atom. The molecule has 3 aromatic heterocycles. The van der Waals surface area contributed by atoms with Gasteiger partial charge in [-0.05, 0) is 43.0 Å². The summed E-state index contributed by atoms with van der Waals surface area (Å²) >= 11 is 0.805. The summed E-state index contributed by atoms with van der Waals surface area (Å²) in [5.41, 5.74) is -0.465. The zero-order valence-electron chi connectivity index (χ0n) is 16.8. The lowest BCUT2D eigenvalue weighted by atomic mass is 10.1. The summed E-state index contributed by atoms with van der Waals surface area (Å²) in [4.78, 5) is 20.5. The summed E-state index contributed by atoms with van der Waals surface area (Å²) in [6.45, 7) is 1.69. The second kappa shape index (κ2) is 9.32. The van der Waals surface area contributed by atoms with E-state index < -0.39 is 17.7 Å². The van der Waals surface area contributed by atoms with Gasteiger partial charge in [0.15, 0.2) is 5.82 Å². The average molecular weight is 474 g/mol. The Balaban J connectivity index is 1.71. The fourth-order valence-corrected chi connectivity index (χ4v) is 3.33. The molecule has 9 nitrogen and oxygen atoms in total. The summed E-state index contributed by atoms with van der Waals surface area (Å²) in [6, 6.07) is 7.86. The number of halogens is 3. The number of aromatic nitrogens is 6. The average Bonchev–Trinajstić information content (AvgIpc) is 3.28. The second-order valence-corrected chi connectivity index (χ2v) is 7.25. The second-order valence-electron chi connectivity index (χ2n) is 6.31. The Kier molecular flexibility index (Phi) is 6.31. The van der Waals surface area contributed by atoms with E-state index in [0.717, 1.165) is 23.9 Å². The number of benzene rings is 1. The van der Waals surface area contributed by atoms with Gasteiger partial charge < -0.3 is 9.15 Å². The van der Waals surface area contributed by atoms with Gasteiger partial charge in [-0.3, -0.25) is 4.98 Å². The highest BCUT2D eigenvalue weighted by atomic mass is 32.2. The summed E-state index contributed by atoms with van der Waals surface area (Å²) in [6.07, 6.45) is -1.43. The fraction of sp³-hybridized carbons (Fsp3) is 0.150. The van der Waals surface area contributed by atoms with E-state index in [2.05, 4.69) is 30.4 Å². The molecular weight excluding hydrogens is 461 g/mol. The topological polar surface area (TPSA) is 117 Å². The highest BCUT2D eigenvalue weighted by molar-refractivity contribution is 7.99. The van der Waals surface area contributed by atoms with Crippen LogP contribution in [0.2, 0.25) is 0 Å². The number of ether oxygens (including phenoxy) is 1. The lowest BCUT2D eigenvalue weighted by Gasteiger charge is -2.09. The summed E-state index contributed by atoms with van der Waals surface area (Å²) in [5, 5.41) is 15.5. The zero-order valence-corrected chi connectivity index (χ0v) is 17.6. The summed E-state index contributed by atoms with van der Waals surface area (Å²) < 4.78 is 49.8. The van der Waals surface area contributed by atoms with Gasteiger partial charge in [-0.1, -0.05) is 12.1 Å². The van der Waals surface area contributed by atoms with Crippen molar-refractivity contribution in [3.8, 4) is 22.8 Å². The van der Waals surface area contributed by atoms with Gasteiger partial charge in [0.1, 0.15) is 5.03 Å². The first-order chi connectivity index (χ1) is 15.8. The number of alkyl halides is 3. The minimum Gasteiger partial charge on any atom is -0.461 e. The minimum absolute atomic E-state index is 0.0164. The van der Waals surface area contributed by atoms with Crippen LogP contribution >= 0.6 is 11.8 Å². The van der Waals surface area contributed by atoms with Gasteiger partial charge in [0.05, 0.1) is 17.7 Å². The number of nitrogens with zero attached hydrogens (tertiary/aromatic N) is 6. The van der Waals surface area contributed by atoms with Crippen molar-refractivity contribution in [2.75, 3.05) is 6.61 Å². The first-order valence-electron chi connectivity index (χ1n) is 9.36. The number of carbonyl (C=O) groups is 1. The molecule has 0 amide bonds. The van der Waals surface area contributed by atoms with Crippen LogP contribution in [0.5, 0.6) is 0 Å². The van der Waals surface area contributed by atoms with E-state index in [0.29, 0.717) is 5.56 Å². The molecule has 0 N–H and O–H groups in total. The van der Waals surface area contributed by atoms with Crippen molar-refractivity contribution in [2.45, 2.75) is 23.3 Å². The molecule has 3 heterocycles. The van der Waals surface area contributed by atoms with E-state index in [1.165, 1.54) is 18.3 Å². The van der Waals surface area contributed by atoms with Crippen LogP contribution in [-0.2, 0) is 10.9 Å². The first-order valence-corrected chi connectivity index (χ1v) is 10.2. The molecule has 168 valence electrons. The Hall–Kier alpha value is -3.87. The van der Waals surface area contributed by atoms with Crippen molar-refractivity contribution in [3.63, 3.8) is 0 Å². The van der Waals surface area contributed by atoms with Crippen LogP contribution in [0.15, 0.2) is 63.5 Å². The van der Waals surface area contributed by atoms with Crippen LogP contribution in [0.3, 0.4) is 0 Å². The van der Waals surface area contributed by atoms with Crippen LogP contribution in [0.4, 0.5) is 13.2 Å². The molecule has 0 fully saturated rings. The lowest BCUT2D eigenvalue weighted by Crippen LogP contribution is -2.12. The van der Waals surface area contributed by atoms with E-state index in [-0.39, 0.29) is 39.8 Å². The minimum atomic E-state index is -4.54. The van der Waals surface area contributed by atoms with Gasteiger partial charge >= 0.3 is 12.1 Å². The maximum absolute atomic E-state index is 13.1. The molecular formula is C20H13F3N6O3S. The van der Waals surface area contributed by atoms with Crippen LogP contribution in [0.25, 0.3) is 22.8 Å². The van der Waals surface area contributed by atoms with E-state index in [9.17, 15) is 18.0 Å². The van der Waals surface area contributed by atoms with Crippen LogP contribution in [-0.4, -0.2) is 42.9 Å². The third kappa shape index (κ3) is 5.14. The molecule has 0 aliphatic carbocycles. The van der Waals surface area contributed by atoms with Gasteiger partial charge in [-0.25, -0.2) is 9.78 Å². The van der Waals surface area contributed by atoms with Crippen LogP contribution in [0.1, 0.15) is 23.0 Å². The molecule has 0 bridgehead atoms. The first kappa shape index (κ1) is 22.3. The summed E-state index contributed by atoms with van der Waals surface area (Å²) in [5.74, 6) is -0.741.